The van der Waals surface area contributed by atoms with Gasteiger partial charge in [-0.1, -0.05) is 42.5 Å². The van der Waals surface area contributed by atoms with Gasteiger partial charge >= 0.3 is 0 Å². The summed E-state index contributed by atoms with van der Waals surface area (Å²) in [6.45, 7) is 4.95. The molecule has 2 unspecified atom stereocenters. The van der Waals surface area contributed by atoms with Gasteiger partial charge in [0.2, 0.25) is 0 Å². The van der Waals surface area contributed by atoms with Gasteiger partial charge in [0.05, 0.1) is 13.2 Å². The van der Waals surface area contributed by atoms with Crippen molar-refractivity contribution >= 4 is 0 Å². The van der Waals surface area contributed by atoms with Gasteiger partial charge < -0.3 is 19.5 Å². The van der Waals surface area contributed by atoms with Crippen molar-refractivity contribution in [2.24, 2.45) is 0 Å². The molecular weight excluding hydrogens is 398 g/mol. The van der Waals surface area contributed by atoms with Crippen molar-refractivity contribution < 1.29 is 14.6 Å². The monoisotopic (exact) mass is 429 g/mol. The summed E-state index contributed by atoms with van der Waals surface area (Å²) in [4.78, 5) is 2.52. The Kier molecular flexibility index (Phi) is 6.31. The molecule has 166 valence electrons. The van der Waals surface area contributed by atoms with Crippen LogP contribution in [0.2, 0.25) is 0 Å². The standard InChI is InChI=1S/C28H31NO3/c30-23-11-14-27-25(19-23)28(26(20-32-27)21-7-2-1-3-8-21)22-9-12-24(13-10-22)31-18-6-17-29-15-4-5-16-29/h1-3,7-14,19,26,28,30H,4-6,15-18,20H2. The topological polar surface area (TPSA) is 41.9 Å². The summed E-state index contributed by atoms with van der Waals surface area (Å²) in [7, 11) is 0. The molecule has 1 saturated heterocycles. The molecule has 0 aromatic heterocycles. The molecule has 0 saturated carbocycles. The van der Waals surface area contributed by atoms with Crippen molar-refractivity contribution in [3.05, 3.63) is 89.5 Å². The normalized spacial score (nSPS) is 20.5. The molecule has 0 aliphatic carbocycles. The van der Waals surface area contributed by atoms with Crippen molar-refractivity contribution in [2.45, 2.75) is 31.1 Å². The van der Waals surface area contributed by atoms with E-state index in [2.05, 4.69) is 53.4 Å². The maximum atomic E-state index is 10.2. The van der Waals surface area contributed by atoms with E-state index in [1.807, 2.05) is 18.2 Å². The molecule has 5 rings (SSSR count). The third-order valence-corrected chi connectivity index (χ3v) is 6.70. The number of phenolic OH excluding ortho intramolecular Hbond substituents is 1. The van der Waals surface area contributed by atoms with Gasteiger partial charge in [-0.25, -0.2) is 0 Å². The fourth-order valence-corrected chi connectivity index (χ4v) is 5.06. The van der Waals surface area contributed by atoms with Gasteiger partial charge in [0.1, 0.15) is 17.2 Å². The van der Waals surface area contributed by atoms with Crippen LogP contribution in [0.5, 0.6) is 17.2 Å². The van der Waals surface area contributed by atoms with Crippen LogP contribution in [0, 0.1) is 0 Å². The maximum Gasteiger partial charge on any atom is 0.123 e. The van der Waals surface area contributed by atoms with E-state index in [1.54, 1.807) is 6.07 Å². The first-order valence-electron chi connectivity index (χ1n) is 11.7. The third-order valence-electron chi connectivity index (χ3n) is 6.70. The summed E-state index contributed by atoms with van der Waals surface area (Å²) < 4.78 is 12.1. The second-order valence-corrected chi connectivity index (χ2v) is 8.85. The van der Waals surface area contributed by atoms with Crippen LogP contribution in [-0.2, 0) is 0 Å². The summed E-state index contributed by atoms with van der Waals surface area (Å²) >= 11 is 0. The maximum absolute atomic E-state index is 10.2. The van der Waals surface area contributed by atoms with E-state index < -0.39 is 0 Å². The number of nitrogens with zero attached hydrogens (tertiary/aromatic N) is 1. The molecule has 32 heavy (non-hydrogen) atoms. The second-order valence-electron chi connectivity index (χ2n) is 8.85. The van der Waals surface area contributed by atoms with Gasteiger partial charge in [0, 0.05) is 23.9 Å². The van der Waals surface area contributed by atoms with Crippen LogP contribution in [0.3, 0.4) is 0 Å². The quantitative estimate of drug-likeness (QED) is 0.499. The highest BCUT2D eigenvalue weighted by molar-refractivity contribution is 5.51. The predicted molar refractivity (Wildman–Crippen MR) is 127 cm³/mol. The first kappa shape index (κ1) is 20.9. The van der Waals surface area contributed by atoms with E-state index in [-0.39, 0.29) is 17.6 Å². The van der Waals surface area contributed by atoms with Gasteiger partial charge in [-0.15, -0.1) is 0 Å². The van der Waals surface area contributed by atoms with Crippen LogP contribution < -0.4 is 9.47 Å². The summed E-state index contributed by atoms with van der Waals surface area (Å²) in [5.41, 5.74) is 3.48. The highest BCUT2D eigenvalue weighted by Gasteiger charge is 2.33. The molecule has 2 atom stereocenters. The van der Waals surface area contributed by atoms with Crippen molar-refractivity contribution in [1.82, 2.24) is 4.90 Å². The fraction of sp³-hybridized carbons (Fsp3) is 0.357. The first-order valence-corrected chi connectivity index (χ1v) is 11.7. The zero-order valence-electron chi connectivity index (χ0n) is 18.5. The molecule has 0 radical (unpaired) electrons. The van der Waals surface area contributed by atoms with Crippen LogP contribution in [0.15, 0.2) is 72.8 Å². The Balaban J connectivity index is 1.34. The van der Waals surface area contributed by atoms with E-state index in [0.717, 1.165) is 36.6 Å². The van der Waals surface area contributed by atoms with Crippen molar-refractivity contribution in [1.29, 1.82) is 0 Å². The number of hydrogen-bond acceptors (Lipinski definition) is 4. The molecule has 1 fully saturated rings. The van der Waals surface area contributed by atoms with Crippen molar-refractivity contribution in [3.8, 4) is 17.2 Å². The second kappa shape index (κ2) is 9.66. The minimum Gasteiger partial charge on any atom is -0.508 e. The summed E-state index contributed by atoms with van der Waals surface area (Å²) in [6, 6.07) is 24.4. The summed E-state index contributed by atoms with van der Waals surface area (Å²) in [6.07, 6.45) is 3.73. The lowest BCUT2D eigenvalue weighted by molar-refractivity contribution is 0.248. The van der Waals surface area contributed by atoms with Gasteiger partial charge in [0.25, 0.3) is 0 Å². The Morgan fingerprint density at radius 1 is 0.906 bits per heavy atom. The van der Waals surface area contributed by atoms with E-state index >= 15 is 0 Å². The van der Waals surface area contributed by atoms with Crippen molar-refractivity contribution in [2.75, 3.05) is 32.8 Å². The molecular formula is C28H31NO3. The van der Waals surface area contributed by atoms with E-state index in [0.29, 0.717) is 6.61 Å². The average molecular weight is 430 g/mol. The van der Waals surface area contributed by atoms with Gasteiger partial charge in [-0.2, -0.15) is 0 Å². The molecule has 3 aromatic carbocycles. The summed E-state index contributed by atoms with van der Waals surface area (Å²) in [5, 5.41) is 10.2. The lowest BCUT2D eigenvalue weighted by Gasteiger charge is -2.34. The Labute approximate surface area is 190 Å². The molecule has 3 aromatic rings. The molecule has 2 heterocycles. The Hall–Kier alpha value is -2.98. The lowest BCUT2D eigenvalue weighted by atomic mass is 9.76. The smallest absolute Gasteiger partial charge is 0.123 e. The van der Waals surface area contributed by atoms with E-state index in [4.69, 9.17) is 9.47 Å². The largest absolute Gasteiger partial charge is 0.508 e. The van der Waals surface area contributed by atoms with Gasteiger partial charge in [-0.05, 0) is 73.8 Å². The number of benzene rings is 3. The highest BCUT2D eigenvalue weighted by atomic mass is 16.5. The molecule has 1 N–H and O–H groups in total. The highest BCUT2D eigenvalue weighted by Crippen LogP contribution is 2.47. The average Bonchev–Trinajstić information content (AvgIpc) is 3.36. The molecule has 4 nitrogen and oxygen atoms in total. The number of rotatable bonds is 7. The van der Waals surface area contributed by atoms with Crippen molar-refractivity contribution in [3.63, 3.8) is 0 Å². The predicted octanol–water partition coefficient (Wildman–Crippen LogP) is 5.57. The first-order chi connectivity index (χ1) is 15.8. The molecule has 4 heteroatoms. The van der Waals surface area contributed by atoms with Gasteiger partial charge in [-0.3, -0.25) is 0 Å². The number of hydrogen-bond donors (Lipinski definition) is 1. The molecule has 0 bridgehead atoms. The van der Waals surface area contributed by atoms with Crippen LogP contribution in [0.25, 0.3) is 0 Å². The number of phenols is 1. The molecule has 0 spiro atoms. The molecule has 2 aliphatic rings. The Bertz CT molecular complexity index is 1010. The minimum absolute atomic E-state index is 0.109. The van der Waals surface area contributed by atoms with Crippen LogP contribution in [-0.4, -0.2) is 42.9 Å². The zero-order valence-corrected chi connectivity index (χ0v) is 18.5. The Morgan fingerprint density at radius 2 is 1.69 bits per heavy atom. The zero-order chi connectivity index (χ0) is 21.8. The van der Waals surface area contributed by atoms with Crippen LogP contribution in [0.4, 0.5) is 0 Å². The van der Waals surface area contributed by atoms with Crippen LogP contribution >= 0.6 is 0 Å². The van der Waals surface area contributed by atoms with Gasteiger partial charge in [0.15, 0.2) is 0 Å². The molecule has 2 aliphatic heterocycles. The number of ether oxygens (including phenoxy) is 2. The number of fused-ring (bicyclic) bond motifs is 1. The lowest BCUT2D eigenvalue weighted by Crippen LogP contribution is -2.25. The molecule has 0 amide bonds. The number of likely N-dealkylation sites (tertiary alicyclic amines) is 1. The van der Waals surface area contributed by atoms with E-state index in [1.165, 1.54) is 37.1 Å². The van der Waals surface area contributed by atoms with E-state index in [9.17, 15) is 5.11 Å². The minimum atomic E-state index is 0.109. The summed E-state index contributed by atoms with van der Waals surface area (Å²) in [5.74, 6) is 2.32. The third kappa shape index (κ3) is 4.61. The van der Waals surface area contributed by atoms with Crippen LogP contribution in [0.1, 0.15) is 47.8 Å². The number of aromatic hydroxyl groups is 1. The fourth-order valence-electron chi connectivity index (χ4n) is 5.06. The Morgan fingerprint density at radius 3 is 2.47 bits per heavy atom. The SMILES string of the molecule is Oc1ccc2c(c1)C(c1ccc(OCCCN3CCCC3)cc1)C(c1ccccc1)CO2.